The van der Waals surface area contributed by atoms with Crippen LogP contribution < -0.4 is 4.74 Å². The van der Waals surface area contributed by atoms with Crippen LogP contribution in [0.25, 0.3) is 0 Å². The maximum absolute atomic E-state index is 6.16. The molecule has 0 saturated heterocycles. The van der Waals surface area contributed by atoms with Gasteiger partial charge >= 0.3 is 0 Å². The van der Waals surface area contributed by atoms with Crippen LogP contribution in [0.4, 0.5) is 0 Å². The molecule has 0 fully saturated rings. The highest BCUT2D eigenvalue weighted by atomic mass is 35.5. The van der Waals surface area contributed by atoms with E-state index in [0.717, 1.165) is 10.9 Å². The number of ether oxygens (including phenoxy) is 1. The van der Waals surface area contributed by atoms with Crippen LogP contribution >= 0.6 is 35.0 Å². The summed E-state index contributed by atoms with van der Waals surface area (Å²) < 4.78 is 7.80. The van der Waals surface area contributed by atoms with E-state index in [9.17, 15) is 0 Å². The minimum Gasteiger partial charge on any atom is -0.484 e. The van der Waals surface area contributed by atoms with Gasteiger partial charge in [-0.05, 0) is 30.7 Å². The van der Waals surface area contributed by atoms with Gasteiger partial charge in [0.2, 0.25) is 0 Å². The molecule has 1 heterocycles. The summed E-state index contributed by atoms with van der Waals surface area (Å²) in [5.41, 5.74) is 2.49. The van der Waals surface area contributed by atoms with Gasteiger partial charge < -0.3 is 4.74 Å². The molecule has 2 aromatic carbocycles. The van der Waals surface area contributed by atoms with Gasteiger partial charge in [0.05, 0.1) is 5.02 Å². The van der Waals surface area contributed by atoms with Crippen LogP contribution in [0.2, 0.25) is 10.0 Å². The summed E-state index contributed by atoms with van der Waals surface area (Å²) >= 11 is 13.7. The Morgan fingerprint density at radius 2 is 2.04 bits per heavy atom. The fourth-order valence-electron chi connectivity index (χ4n) is 2.53. The number of rotatable bonds is 8. The van der Waals surface area contributed by atoms with E-state index in [1.54, 1.807) is 30.0 Å². The summed E-state index contributed by atoms with van der Waals surface area (Å²) in [6.07, 6.45) is 1.82. The number of hydrogen-bond acceptors (Lipinski definition) is 4. The van der Waals surface area contributed by atoms with Crippen LogP contribution in [0.5, 0.6) is 5.75 Å². The molecule has 27 heavy (non-hydrogen) atoms. The number of hydrogen-bond donors (Lipinski definition) is 0. The summed E-state index contributed by atoms with van der Waals surface area (Å²) in [5, 5.41) is 10.5. The average Bonchev–Trinajstić information content (AvgIpc) is 3.01. The van der Waals surface area contributed by atoms with Gasteiger partial charge in [0.15, 0.2) is 11.0 Å². The smallest absolute Gasteiger partial charge is 0.191 e. The highest BCUT2D eigenvalue weighted by Crippen LogP contribution is 2.28. The van der Waals surface area contributed by atoms with Crippen molar-refractivity contribution in [3.05, 3.63) is 82.1 Å². The van der Waals surface area contributed by atoms with Crippen molar-refractivity contribution in [3.8, 4) is 5.75 Å². The summed E-state index contributed by atoms with van der Waals surface area (Å²) in [5.74, 6) is 2.09. The Kier molecular flexibility index (Phi) is 6.83. The fraction of sp³-hybridized carbons (Fsp3) is 0.200. The van der Waals surface area contributed by atoms with Crippen LogP contribution in [0.3, 0.4) is 0 Å². The molecule has 1 aromatic heterocycles. The van der Waals surface area contributed by atoms with Crippen molar-refractivity contribution < 1.29 is 4.74 Å². The molecule has 3 rings (SSSR count). The van der Waals surface area contributed by atoms with E-state index in [1.165, 1.54) is 11.1 Å². The van der Waals surface area contributed by atoms with E-state index in [2.05, 4.69) is 48.0 Å². The second-order valence-electron chi connectivity index (χ2n) is 5.94. The first-order valence-corrected chi connectivity index (χ1v) is 10.1. The quantitative estimate of drug-likeness (QED) is 0.334. The number of benzene rings is 2. The van der Waals surface area contributed by atoms with Gasteiger partial charge in [-0.15, -0.1) is 16.8 Å². The van der Waals surface area contributed by atoms with Crippen LogP contribution in [-0.4, -0.2) is 14.8 Å². The molecule has 0 amide bonds. The van der Waals surface area contributed by atoms with Gasteiger partial charge in [-0.25, -0.2) is 0 Å². The minimum atomic E-state index is 0.257. The third-order valence-electron chi connectivity index (χ3n) is 3.81. The molecule has 0 atom stereocenters. The summed E-state index contributed by atoms with van der Waals surface area (Å²) in [4.78, 5) is 0. The Hall–Kier alpha value is -1.95. The van der Waals surface area contributed by atoms with Gasteiger partial charge in [-0.1, -0.05) is 70.9 Å². The molecule has 0 saturated carbocycles. The molecule has 0 bridgehead atoms. The van der Waals surface area contributed by atoms with Crippen molar-refractivity contribution in [2.24, 2.45) is 0 Å². The third-order valence-corrected chi connectivity index (χ3v) is 5.37. The van der Waals surface area contributed by atoms with E-state index < -0.39 is 0 Å². The molecule has 0 N–H and O–H groups in total. The minimum absolute atomic E-state index is 0.257. The van der Waals surface area contributed by atoms with Crippen molar-refractivity contribution in [2.75, 3.05) is 0 Å². The molecule has 3 aromatic rings. The van der Waals surface area contributed by atoms with Crippen LogP contribution in [0.15, 0.2) is 60.3 Å². The zero-order valence-electron chi connectivity index (χ0n) is 14.9. The first-order valence-electron chi connectivity index (χ1n) is 8.36. The molecular formula is C20H19Cl2N3OS. The van der Waals surface area contributed by atoms with Gasteiger partial charge in [0.1, 0.15) is 12.4 Å². The fourth-order valence-corrected chi connectivity index (χ4v) is 3.90. The predicted molar refractivity (Wildman–Crippen MR) is 112 cm³/mol. The van der Waals surface area contributed by atoms with Crippen molar-refractivity contribution in [1.29, 1.82) is 0 Å². The van der Waals surface area contributed by atoms with Crippen LogP contribution in [0, 0.1) is 6.92 Å². The molecule has 4 nitrogen and oxygen atoms in total. The van der Waals surface area contributed by atoms with Crippen molar-refractivity contribution in [1.82, 2.24) is 14.8 Å². The first kappa shape index (κ1) is 19.8. The standard InChI is InChI=1S/C20H19Cl2N3OS/c1-3-9-25-19(12-26-18-8-7-16(21)11-17(18)22)23-24-20(25)27-13-15-6-4-5-14(2)10-15/h3-8,10-11H,1,9,12-13H2,2H3. The van der Waals surface area contributed by atoms with Crippen LogP contribution in [0.1, 0.15) is 17.0 Å². The van der Waals surface area contributed by atoms with Crippen molar-refractivity contribution in [3.63, 3.8) is 0 Å². The summed E-state index contributed by atoms with van der Waals surface area (Å²) in [6.45, 7) is 6.78. The van der Waals surface area contributed by atoms with E-state index in [-0.39, 0.29) is 6.61 Å². The van der Waals surface area contributed by atoms with E-state index in [4.69, 9.17) is 27.9 Å². The normalized spacial score (nSPS) is 10.8. The number of aromatic nitrogens is 3. The summed E-state index contributed by atoms with van der Waals surface area (Å²) in [7, 11) is 0. The Morgan fingerprint density at radius 3 is 2.78 bits per heavy atom. The molecule has 0 aliphatic carbocycles. The van der Waals surface area contributed by atoms with E-state index in [0.29, 0.717) is 28.2 Å². The van der Waals surface area contributed by atoms with E-state index >= 15 is 0 Å². The lowest BCUT2D eigenvalue weighted by Crippen LogP contribution is -2.07. The van der Waals surface area contributed by atoms with Gasteiger partial charge in [0, 0.05) is 17.3 Å². The molecule has 0 spiro atoms. The lowest BCUT2D eigenvalue weighted by Gasteiger charge is -2.10. The Morgan fingerprint density at radius 1 is 1.19 bits per heavy atom. The Labute approximate surface area is 173 Å². The lowest BCUT2D eigenvalue weighted by molar-refractivity contribution is 0.289. The topological polar surface area (TPSA) is 39.9 Å². The van der Waals surface area contributed by atoms with Gasteiger partial charge in [0.25, 0.3) is 0 Å². The maximum Gasteiger partial charge on any atom is 0.191 e. The molecule has 7 heteroatoms. The molecule has 0 radical (unpaired) electrons. The molecular weight excluding hydrogens is 401 g/mol. The second-order valence-corrected chi connectivity index (χ2v) is 7.73. The molecule has 0 aliphatic heterocycles. The highest BCUT2D eigenvalue weighted by Gasteiger charge is 2.13. The molecule has 0 unspecified atom stereocenters. The zero-order valence-corrected chi connectivity index (χ0v) is 17.2. The predicted octanol–water partition coefficient (Wildman–Crippen LogP) is 5.95. The number of allylic oxidation sites excluding steroid dienone is 1. The number of nitrogens with zero attached hydrogens (tertiary/aromatic N) is 3. The number of thioether (sulfide) groups is 1. The molecule has 140 valence electrons. The molecule has 0 aliphatic rings. The summed E-state index contributed by atoms with van der Waals surface area (Å²) in [6, 6.07) is 13.6. The van der Waals surface area contributed by atoms with Crippen LogP contribution in [-0.2, 0) is 18.9 Å². The van der Waals surface area contributed by atoms with Gasteiger partial charge in [-0.3, -0.25) is 4.57 Å². The largest absolute Gasteiger partial charge is 0.484 e. The van der Waals surface area contributed by atoms with Crippen molar-refractivity contribution >= 4 is 35.0 Å². The number of aryl methyl sites for hydroxylation is 1. The van der Waals surface area contributed by atoms with Crippen molar-refractivity contribution in [2.45, 2.75) is 31.0 Å². The van der Waals surface area contributed by atoms with E-state index in [1.807, 2.05) is 10.6 Å². The average molecular weight is 420 g/mol. The SMILES string of the molecule is C=CCn1c(COc2ccc(Cl)cc2Cl)nnc1SCc1cccc(C)c1. The number of halogens is 2. The van der Waals surface area contributed by atoms with Gasteiger partial charge in [-0.2, -0.15) is 0 Å². The highest BCUT2D eigenvalue weighted by molar-refractivity contribution is 7.98. The zero-order chi connectivity index (χ0) is 19.2. The monoisotopic (exact) mass is 419 g/mol. The maximum atomic E-state index is 6.16. The second kappa shape index (κ2) is 9.31. The third kappa shape index (κ3) is 5.28. The Balaban J connectivity index is 1.71. The lowest BCUT2D eigenvalue weighted by atomic mass is 10.2. The Bertz CT molecular complexity index is 943. The first-order chi connectivity index (χ1) is 13.1.